The fourth-order valence-corrected chi connectivity index (χ4v) is 4.51. The van der Waals surface area contributed by atoms with E-state index < -0.39 is 0 Å². The largest absolute Gasteiger partial charge is 0.340 e. The normalized spacial score (nSPS) is 14.9. The molecule has 150 valence electrons. The molecule has 0 spiro atoms. The summed E-state index contributed by atoms with van der Waals surface area (Å²) in [5, 5.41) is 3.95. The lowest BCUT2D eigenvalue weighted by molar-refractivity contribution is -0.133. The second kappa shape index (κ2) is 9.53. The molecule has 1 aliphatic rings. The molecule has 0 atom stereocenters. The van der Waals surface area contributed by atoms with E-state index in [1.165, 1.54) is 5.56 Å². The highest BCUT2D eigenvalue weighted by Gasteiger charge is 2.21. The Hall–Kier alpha value is -2.21. The van der Waals surface area contributed by atoms with Crippen molar-refractivity contribution in [1.82, 2.24) is 14.8 Å². The molecule has 0 saturated carbocycles. The maximum absolute atomic E-state index is 12.5. The lowest BCUT2D eigenvalue weighted by Crippen LogP contribution is -2.48. The molecule has 1 fully saturated rings. The van der Waals surface area contributed by atoms with Crippen LogP contribution in [0.15, 0.2) is 60.0 Å². The number of rotatable bonds is 6. The zero-order chi connectivity index (χ0) is 20.1. The minimum atomic E-state index is 0.257. The van der Waals surface area contributed by atoms with Gasteiger partial charge in [0.2, 0.25) is 5.91 Å². The van der Waals surface area contributed by atoms with Gasteiger partial charge in [-0.2, -0.15) is 0 Å². The minimum Gasteiger partial charge on any atom is -0.340 e. The van der Waals surface area contributed by atoms with Crippen LogP contribution in [0.2, 0.25) is 5.02 Å². The Morgan fingerprint density at radius 3 is 2.45 bits per heavy atom. The summed E-state index contributed by atoms with van der Waals surface area (Å²) in [5.74, 6) is 0.257. The van der Waals surface area contributed by atoms with E-state index in [1.807, 2.05) is 47.4 Å². The van der Waals surface area contributed by atoms with E-state index in [-0.39, 0.29) is 5.91 Å². The van der Waals surface area contributed by atoms with Crippen molar-refractivity contribution >= 4 is 28.8 Å². The van der Waals surface area contributed by atoms with Crippen molar-refractivity contribution in [2.45, 2.75) is 19.4 Å². The zero-order valence-corrected chi connectivity index (χ0v) is 17.8. The predicted octanol–water partition coefficient (Wildman–Crippen LogP) is 4.74. The molecule has 0 N–H and O–H groups in total. The van der Waals surface area contributed by atoms with E-state index in [1.54, 1.807) is 11.3 Å². The van der Waals surface area contributed by atoms with Crippen LogP contribution in [0, 0.1) is 0 Å². The molecule has 4 nitrogen and oxygen atoms in total. The molecule has 2 heterocycles. The van der Waals surface area contributed by atoms with E-state index in [2.05, 4.69) is 22.4 Å². The molecule has 0 unspecified atom stereocenters. The van der Waals surface area contributed by atoms with Crippen LogP contribution in [0.1, 0.15) is 17.0 Å². The van der Waals surface area contributed by atoms with E-state index in [0.29, 0.717) is 6.42 Å². The van der Waals surface area contributed by atoms with Gasteiger partial charge in [-0.25, -0.2) is 4.98 Å². The van der Waals surface area contributed by atoms with Crippen molar-refractivity contribution in [3.63, 3.8) is 0 Å². The molecule has 4 rings (SSSR count). The summed E-state index contributed by atoms with van der Waals surface area (Å²) < 4.78 is 0. The summed E-state index contributed by atoms with van der Waals surface area (Å²) in [6, 6.07) is 18.0. The van der Waals surface area contributed by atoms with E-state index in [0.717, 1.165) is 60.4 Å². The number of carbonyl (C=O) groups is 1. The monoisotopic (exact) mass is 425 g/mol. The van der Waals surface area contributed by atoms with Gasteiger partial charge in [-0.3, -0.25) is 9.69 Å². The third-order valence-electron chi connectivity index (χ3n) is 5.25. The molecule has 1 saturated heterocycles. The molecule has 0 aliphatic carbocycles. The van der Waals surface area contributed by atoms with Crippen molar-refractivity contribution in [1.29, 1.82) is 0 Å². The van der Waals surface area contributed by atoms with Gasteiger partial charge < -0.3 is 4.90 Å². The molecule has 1 amide bonds. The first-order valence-electron chi connectivity index (χ1n) is 9.92. The average Bonchev–Trinajstić information content (AvgIpc) is 3.22. The summed E-state index contributed by atoms with van der Waals surface area (Å²) >= 11 is 7.65. The predicted molar refractivity (Wildman–Crippen MR) is 119 cm³/mol. The maximum Gasteiger partial charge on any atom is 0.222 e. The molecular weight excluding hydrogens is 402 g/mol. The zero-order valence-electron chi connectivity index (χ0n) is 16.3. The van der Waals surface area contributed by atoms with Crippen LogP contribution in [0.4, 0.5) is 0 Å². The van der Waals surface area contributed by atoms with Crippen LogP contribution in [-0.2, 0) is 17.8 Å². The molecule has 0 bridgehead atoms. The summed E-state index contributed by atoms with van der Waals surface area (Å²) in [7, 11) is 0. The quantitative estimate of drug-likeness (QED) is 0.572. The second-order valence-electron chi connectivity index (χ2n) is 7.28. The SMILES string of the molecule is O=C(CCc1ccccc1)N1CCN(Cc2nc(-c3ccc(Cl)cc3)cs2)CC1. The van der Waals surface area contributed by atoms with Gasteiger partial charge >= 0.3 is 0 Å². The van der Waals surface area contributed by atoms with E-state index in [9.17, 15) is 4.79 Å². The topological polar surface area (TPSA) is 36.4 Å². The van der Waals surface area contributed by atoms with Crippen molar-refractivity contribution in [2.75, 3.05) is 26.2 Å². The first kappa shape index (κ1) is 20.1. The fraction of sp³-hybridized carbons (Fsp3) is 0.304. The average molecular weight is 426 g/mol. The van der Waals surface area contributed by atoms with Gasteiger partial charge in [-0.15, -0.1) is 11.3 Å². The summed E-state index contributed by atoms with van der Waals surface area (Å²) in [6.45, 7) is 4.22. The Morgan fingerprint density at radius 1 is 1.00 bits per heavy atom. The molecule has 1 aliphatic heterocycles. The Labute approximate surface area is 180 Å². The highest BCUT2D eigenvalue weighted by atomic mass is 35.5. The number of nitrogens with zero attached hydrogens (tertiary/aromatic N) is 3. The number of amides is 1. The number of hydrogen-bond donors (Lipinski definition) is 0. The van der Waals surface area contributed by atoms with Crippen molar-refractivity contribution < 1.29 is 4.79 Å². The van der Waals surface area contributed by atoms with Crippen molar-refractivity contribution in [3.8, 4) is 11.3 Å². The summed E-state index contributed by atoms with van der Waals surface area (Å²) in [6.07, 6.45) is 1.40. The van der Waals surface area contributed by atoms with Crippen LogP contribution in [0.25, 0.3) is 11.3 Å². The Balaban J connectivity index is 1.25. The Kier molecular flexibility index (Phi) is 6.60. The second-order valence-corrected chi connectivity index (χ2v) is 8.66. The number of carbonyl (C=O) groups excluding carboxylic acids is 1. The first-order chi connectivity index (χ1) is 14.2. The highest BCUT2D eigenvalue weighted by molar-refractivity contribution is 7.09. The van der Waals surface area contributed by atoms with Crippen molar-refractivity contribution in [2.24, 2.45) is 0 Å². The van der Waals surface area contributed by atoms with Gasteiger partial charge in [0, 0.05) is 48.6 Å². The lowest BCUT2D eigenvalue weighted by atomic mass is 10.1. The number of aromatic nitrogens is 1. The van der Waals surface area contributed by atoms with Crippen LogP contribution in [-0.4, -0.2) is 46.9 Å². The molecular formula is C23H24ClN3OS. The molecule has 2 aromatic carbocycles. The van der Waals surface area contributed by atoms with Crippen LogP contribution >= 0.6 is 22.9 Å². The summed E-state index contributed by atoms with van der Waals surface area (Å²) in [5.41, 5.74) is 3.31. The van der Waals surface area contributed by atoms with Gasteiger partial charge in [0.1, 0.15) is 5.01 Å². The number of benzene rings is 2. The molecule has 0 radical (unpaired) electrons. The summed E-state index contributed by atoms with van der Waals surface area (Å²) in [4.78, 5) is 21.7. The van der Waals surface area contributed by atoms with Gasteiger partial charge in [-0.1, -0.05) is 54.1 Å². The van der Waals surface area contributed by atoms with Crippen LogP contribution < -0.4 is 0 Å². The molecule has 6 heteroatoms. The van der Waals surface area contributed by atoms with E-state index in [4.69, 9.17) is 16.6 Å². The van der Waals surface area contributed by atoms with E-state index >= 15 is 0 Å². The smallest absolute Gasteiger partial charge is 0.222 e. The standard InChI is InChI=1S/C23H24ClN3OS/c24-20-9-7-19(8-10-20)21-17-29-22(25-21)16-26-12-14-27(15-13-26)23(28)11-6-18-4-2-1-3-5-18/h1-5,7-10,17H,6,11-16H2. The Bertz CT molecular complexity index is 934. The number of piperazine rings is 1. The van der Waals surface area contributed by atoms with Crippen molar-refractivity contribution in [3.05, 3.63) is 75.6 Å². The van der Waals surface area contributed by atoms with Gasteiger partial charge in [0.05, 0.1) is 12.2 Å². The van der Waals surface area contributed by atoms with Gasteiger partial charge in [-0.05, 0) is 24.1 Å². The highest BCUT2D eigenvalue weighted by Crippen LogP contribution is 2.24. The maximum atomic E-state index is 12.5. The minimum absolute atomic E-state index is 0.257. The number of thiazole rings is 1. The molecule has 1 aromatic heterocycles. The molecule has 29 heavy (non-hydrogen) atoms. The fourth-order valence-electron chi connectivity index (χ4n) is 3.54. The van der Waals surface area contributed by atoms with Gasteiger partial charge in [0.15, 0.2) is 0 Å². The van der Waals surface area contributed by atoms with Crippen LogP contribution in [0.5, 0.6) is 0 Å². The van der Waals surface area contributed by atoms with Gasteiger partial charge in [0.25, 0.3) is 0 Å². The third-order valence-corrected chi connectivity index (χ3v) is 6.33. The molecule has 3 aromatic rings. The number of aryl methyl sites for hydroxylation is 1. The number of hydrogen-bond acceptors (Lipinski definition) is 4. The lowest BCUT2D eigenvalue weighted by Gasteiger charge is -2.34. The first-order valence-corrected chi connectivity index (χ1v) is 11.2. The Morgan fingerprint density at radius 2 is 1.72 bits per heavy atom. The van der Waals surface area contributed by atoms with Crippen LogP contribution in [0.3, 0.4) is 0 Å². The number of halogens is 1. The third kappa shape index (κ3) is 5.44.